The Kier molecular flexibility index (Phi) is 5.19. The number of piperidine rings is 1. The lowest BCUT2D eigenvalue weighted by Gasteiger charge is -2.47. The molecule has 1 spiro atoms. The SMILES string of the molecule is Cc1c(Cl)cccc1C(=O)N1CCC2(CC1)CC(N(C)C)CCO2. The van der Waals surface area contributed by atoms with E-state index in [2.05, 4.69) is 19.0 Å². The summed E-state index contributed by atoms with van der Waals surface area (Å²) in [6.07, 6.45) is 4.00. The molecule has 1 aromatic carbocycles. The Hall–Kier alpha value is -1.10. The van der Waals surface area contributed by atoms with E-state index in [1.807, 2.05) is 30.0 Å². The van der Waals surface area contributed by atoms with Crippen LogP contribution in [0.15, 0.2) is 18.2 Å². The largest absolute Gasteiger partial charge is 0.375 e. The summed E-state index contributed by atoms with van der Waals surface area (Å²) in [5, 5.41) is 0.652. The number of carbonyl (C=O) groups is 1. The summed E-state index contributed by atoms with van der Waals surface area (Å²) in [5.41, 5.74) is 1.54. The first-order valence-corrected chi connectivity index (χ1v) is 9.14. The van der Waals surface area contributed by atoms with Crippen molar-refractivity contribution in [3.63, 3.8) is 0 Å². The first-order chi connectivity index (χ1) is 11.4. The highest BCUT2D eigenvalue weighted by Crippen LogP contribution is 2.36. The second-order valence-corrected chi connectivity index (χ2v) is 7.75. The molecule has 1 atom stereocenters. The standard InChI is InChI=1S/C19H27ClN2O2/c1-14-16(5-4-6-17(14)20)18(23)22-10-8-19(9-11-22)13-15(21(2)3)7-12-24-19/h4-6,15H,7-13H2,1-3H3. The van der Waals surface area contributed by atoms with Crippen molar-refractivity contribution < 1.29 is 9.53 Å². The second kappa shape index (κ2) is 7.03. The summed E-state index contributed by atoms with van der Waals surface area (Å²) in [5.74, 6) is 0.0878. The van der Waals surface area contributed by atoms with Crippen LogP contribution in [0.2, 0.25) is 5.02 Å². The maximum Gasteiger partial charge on any atom is 0.254 e. The lowest BCUT2D eigenvalue weighted by atomic mass is 9.82. The van der Waals surface area contributed by atoms with Crippen molar-refractivity contribution in [3.8, 4) is 0 Å². The van der Waals surface area contributed by atoms with Crippen molar-refractivity contribution >= 4 is 17.5 Å². The van der Waals surface area contributed by atoms with Gasteiger partial charge in [0, 0.05) is 36.3 Å². The van der Waals surface area contributed by atoms with Crippen LogP contribution >= 0.6 is 11.6 Å². The van der Waals surface area contributed by atoms with Gasteiger partial charge in [-0.3, -0.25) is 4.79 Å². The van der Waals surface area contributed by atoms with Crippen LogP contribution in [-0.2, 0) is 4.74 Å². The Morgan fingerprint density at radius 1 is 1.33 bits per heavy atom. The number of nitrogens with zero attached hydrogens (tertiary/aromatic N) is 2. The van der Waals surface area contributed by atoms with E-state index < -0.39 is 0 Å². The van der Waals surface area contributed by atoms with Crippen LogP contribution in [-0.4, -0.2) is 61.1 Å². The minimum absolute atomic E-state index is 0.0483. The average Bonchev–Trinajstić information content (AvgIpc) is 2.57. The third kappa shape index (κ3) is 3.46. The molecule has 0 aliphatic carbocycles. The zero-order chi connectivity index (χ0) is 17.3. The first-order valence-electron chi connectivity index (χ1n) is 8.77. The number of carbonyl (C=O) groups excluding carboxylic acids is 1. The Morgan fingerprint density at radius 2 is 2.04 bits per heavy atom. The molecule has 3 rings (SSSR count). The normalized spacial score (nSPS) is 23.7. The Balaban J connectivity index is 1.66. The van der Waals surface area contributed by atoms with Crippen LogP contribution in [0.3, 0.4) is 0 Å². The fourth-order valence-electron chi connectivity index (χ4n) is 3.92. The molecule has 1 unspecified atom stereocenters. The van der Waals surface area contributed by atoms with Crippen LogP contribution in [0.5, 0.6) is 0 Å². The third-order valence-corrected chi connectivity index (χ3v) is 6.07. The Morgan fingerprint density at radius 3 is 2.71 bits per heavy atom. The first kappa shape index (κ1) is 17.7. The van der Waals surface area contributed by atoms with E-state index in [1.54, 1.807) is 0 Å². The van der Waals surface area contributed by atoms with Gasteiger partial charge < -0.3 is 14.5 Å². The van der Waals surface area contributed by atoms with E-state index >= 15 is 0 Å². The third-order valence-electron chi connectivity index (χ3n) is 5.66. The van der Waals surface area contributed by atoms with Gasteiger partial charge in [0.05, 0.1) is 5.60 Å². The van der Waals surface area contributed by atoms with E-state index in [4.69, 9.17) is 16.3 Å². The molecule has 4 nitrogen and oxygen atoms in total. The van der Waals surface area contributed by atoms with Crippen LogP contribution in [0.4, 0.5) is 0 Å². The summed E-state index contributed by atoms with van der Waals surface area (Å²) >= 11 is 6.16. The van der Waals surface area contributed by atoms with Crippen LogP contribution in [0.25, 0.3) is 0 Å². The molecule has 2 saturated heterocycles. The van der Waals surface area contributed by atoms with E-state index in [0.29, 0.717) is 16.6 Å². The molecular weight excluding hydrogens is 324 g/mol. The van der Waals surface area contributed by atoms with E-state index in [1.165, 1.54) is 0 Å². The zero-order valence-corrected chi connectivity index (χ0v) is 15.6. The molecule has 0 aromatic heterocycles. The van der Waals surface area contributed by atoms with Crippen molar-refractivity contribution in [1.29, 1.82) is 0 Å². The smallest absolute Gasteiger partial charge is 0.254 e. The minimum Gasteiger partial charge on any atom is -0.375 e. The van der Waals surface area contributed by atoms with Crippen molar-refractivity contribution in [2.24, 2.45) is 0 Å². The van der Waals surface area contributed by atoms with Gasteiger partial charge in [0.2, 0.25) is 0 Å². The maximum atomic E-state index is 12.8. The Bertz CT molecular complexity index is 609. The van der Waals surface area contributed by atoms with Gasteiger partial charge in [-0.2, -0.15) is 0 Å². The molecule has 24 heavy (non-hydrogen) atoms. The monoisotopic (exact) mass is 350 g/mol. The molecule has 2 aliphatic rings. The van der Waals surface area contributed by atoms with Crippen LogP contribution < -0.4 is 0 Å². The van der Waals surface area contributed by atoms with E-state index in [0.717, 1.165) is 50.9 Å². The number of hydrogen-bond acceptors (Lipinski definition) is 3. The molecule has 0 N–H and O–H groups in total. The molecular formula is C19H27ClN2O2. The summed E-state index contributed by atoms with van der Waals surface area (Å²) in [4.78, 5) is 17.1. The molecule has 0 saturated carbocycles. The fourth-order valence-corrected chi connectivity index (χ4v) is 4.09. The fraction of sp³-hybridized carbons (Fsp3) is 0.632. The van der Waals surface area contributed by atoms with Gasteiger partial charge in [0.15, 0.2) is 0 Å². The quantitative estimate of drug-likeness (QED) is 0.819. The summed E-state index contributed by atoms with van der Waals surface area (Å²) in [7, 11) is 4.29. The van der Waals surface area contributed by atoms with Crippen molar-refractivity contribution in [1.82, 2.24) is 9.80 Å². The average molecular weight is 351 g/mol. The lowest BCUT2D eigenvalue weighted by molar-refractivity contribution is -0.125. The summed E-state index contributed by atoms with van der Waals surface area (Å²) in [6.45, 7) is 4.24. The number of rotatable bonds is 2. The molecule has 0 bridgehead atoms. The van der Waals surface area contributed by atoms with Gasteiger partial charge in [-0.15, -0.1) is 0 Å². The molecule has 2 heterocycles. The van der Waals surface area contributed by atoms with Gasteiger partial charge >= 0.3 is 0 Å². The van der Waals surface area contributed by atoms with Crippen molar-refractivity contribution in [2.45, 2.75) is 44.2 Å². The Labute approximate surface area is 149 Å². The number of halogens is 1. The predicted octanol–water partition coefficient (Wildman–Crippen LogP) is 3.36. The van der Waals surface area contributed by atoms with E-state index in [9.17, 15) is 4.79 Å². The predicted molar refractivity (Wildman–Crippen MR) is 96.7 cm³/mol. The minimum atomic E-state index is -0.0483. The lowest BCUT2D eigenvalue weighted by Crippen LogP contribution is -2.53. The van der Waals surface area contributed by atoms with Gasteiger partial charge in [-0.1, -0.05) is 17.7 Å². The van der Waals surface area contributed by atoms with Gasteiger partial charge in [0.1, 0.15) is 0 Å². The maximum absolute atomic E-state index is 12.8. The number of amides is 1. The summed E-state index contributed by atoms with van der Waals surface area (Å²) < 4.78 is 6.18. The highest BCUT2D eigenvalue weighted by Gasteiger charge is 2.41. The number of likely N-dealkylation sites (tertiary alicyclic amines) is 1. The van der Waals surface area contributed by atoms with Crippen LogP contribution in [0.1, 0.15) is 41.6 Å². The second-order valence-electron chi connectivity index (χ2n) is 7.35. The molecule has 1 amide bonds. The van der Waals surface area contributed by atoms with E-state index in [-0.39, 0.29) is 11.5 Å². The molecule has 2 fully saturated rings. The number of hydrogen-bond donors (Lipinski definition) is 0. The molecule has 5 heteroatoms. The molecule has 1 aromatic rings. The molecule has 132 valence electrons. The number of benzene rings is 1. The number of ether oxygens (including phenoxy) is 1. The summed E-state index contributed by atoms with van der Waals surface area (Å²) in [6, 6.07) is 6.12. The highest BCUT2D eigenvalue weighted by molar-refractivity contribution is 6.31. The molecule has 0 radical (unpaired) electrons. The van der Waals surface area contributed by atoms with Gasteiger partial charge in [0.25, 0.3) is 5.91 Å². The van der Waals surface area contributed by atoms with Crippen molar-refractivity contribution in [3.05, 3.63) is 34.3 Å². The van der Waals surface area contributed by atoms with Crippen LogP contribution in [0, 0.1) is 6.92 Å². The van der Waals surface area contributed by atoms with Crippen molar-refractivity contribution in [2.75, 3.05) is 33.8 Å². The topological polar surface area (TPSA) is 32.8 Å². The molecule has 2 aliphatic heterocycles. The van der Waals surface area contributed by atoms with Gasteiger partial charge in [-0.05, 0) is 64.4 Å². The highest BCUT2D eigenvalue weighted by atomic mass is 35.5. The van der Waals surface area contributed by atoms with Gasteiger partial charge in [-0.25, -0.2) is 0 Å². The zero-order valence-electron chi connectivity index (χ0n) is 14.8.